The van der Waals surface area contributed by atoms with Gasteiger partial charge in [0.1, 0.15) is 5.75 Å². The Labute approximate surface area is 150 Å². The lowest BCUT2D eigenvalue weighted by Crippen LogP contribution is -2.34. The van der Waals surface area contributed by atoms with Crippen LogP contribution in [0.4, 0.5) is 10.5 Å². The highest BCUT2D eigenvalue weighted by Gasteiger charge is 2.17. The van der Waals surface area contributed by atoms with Gasteiger partial charge in [-0.25, -0.2) is 9.69 Å². The molecular formula is C19H18N2O3S. The summed E-state index contributed by atoms with van der Waals surface area (Å²) >= 11 is 1.59. The maximum absolute atomic E-state index is 12.0. The summed E-state index contributed by atoms with van der Waals surface area (Å²) in [4.78, 5) is 18.7. The second-order valence-corrected chi connectivity index (χ2v) is 6.24. The van der Waals surface area contributed by atoms with E-state index < -0.39 is 6.09 Å². The number of rotatable bonds is 5. The van der Waals surface area contributed by atoms with Crippen LogP contribution in [0.1, 0.15) is 5.56 Å². The monoisotopic (exact) mass is 354 g/mol. The van der Waals surface area contributed by atoms with Crippen molar-refractivity contribution in [3.8, 4) is 16.2 Å². The van der Waals surface area contributed by atoms with Crippen molar-refractivity contribution in [3.05, 3.63) is 65.8 Å². The number of amides is 1. The molecule has 0 saturated heterocycles. The minimum absolute atomic E-state index is 0.0669. The normalized spacial score (nSPS) is 10.3. The van der Waals surface area contributed by atoms with Crippen LogP contribution in [-0.4, -0.2) is 24.9 Å². The number of nitrogens with zero attached hydrogens (tertiary/aromatic N) is 2. The molecule has 0 unspecified atom stereocenters. The molecule has 128 valence electrons. The van der Waals surface area contributed by atoms with Gasteiger partial charge < -0.3 is 9.47 Å². The average molecular weight is 354 g/mol. The Bertz CT molecular complexity index is 835. The van der Waals surface area contributed by atoms with E-state index in [0.29, 0.717) is 5.69 Å². The molecule has 0 N–H and O–H groups in total. The summed E-state index contributed by atoms with van der Waals surface area (Å²) in [6.45, 7) is 2.04. The zero-order chi connectivity index (χ0) is 17.6. The van der Waals surface area contributed by atoms with Crippen molar-refractivity contribution >= 4 is 23.1 Å². The zero-order valence-corrected chi connectivity index (χ0v) is 14.8. The number of carbonyl (C=O) groups excluding carboxylic acids is 1. The first-order chi connectivity index (χ1) is 12.2. The Morgan fingerprint density at radius 3 is 2.64 bits per heavy atom. The molecule has 0 atom stereocenters. The van der Waals surface area contributed by atoms with Crippen molar-refractivity contribution in [1.29, 1.82) is 0 Å². The van der Waals surface area contributed by atoms with Gasteiger partial charge in [-0.2, -0.15) is 0 Å². The predicted molar refractivity (Wildman–Crippen MR) is 99.1 cm³/mol. The van der Waals surface area contributed by atoms with Crippen LogP contribution in [0.3, 0.4) is 0 Å². The van der Waals surface area contributed by atoms with E-state index in [1.165, 1.54) is 12.0 Å². The third-order valence-electron chi connectivity index (χ3n) is 3.70. The Hall–Kier alpha value is -2.86. The SMILES string of the molecule is COC(=O)N(COc1ccc(-c2cncs2)cc1C)c1ccccc1. The Balaban J connectivity index is 1.76. The molecule has 0 spiro atoms. The van der Waals surface area contributed by atoms with E-state index in [2.05, 4.69) is 4.98 Å². The van der Waals surface area contributed by atoms with Crippen molar-refractivity contribution in [2.75, 3.05) is 18.7 Å². The average Bonchev–Trinajstić information content (AvgIpc) is 3.18. The first-order valence-electron chi connectivity index (χ1n) is 7.72. The quantitative estimate of drug-likeness (QED) is 0.622. The number of methoxy groups -OCH3 is 1. The standard InChI is InChI=1S/C19H18N2O3S/c1-14-10-15(18-11-20-12-25-18)8-9-17(14)24-13-21(19(22)23-2)16-6-4-3-5-7-16/h3-12H,13H2,1-2H3. The first kappa shape index (κ1) is 17.0. The van der Waals surface area contributed by atoms with Gasteiger partial charge in [0, 0.05) is 6.20 Å². The third-order valence-corrected chi connectivity index (χ3v) is 4.53. The number of hydrogen-bond donors (Lipinski definition) is 0. The van der Waals surface area contributed by atoms with E-state index in [1.807, 2.05) is 67.2 Å². The summed E-state index contributed by atoms with van der Waals surface area (Å²) in [6.07, 6.45) is 1.37. The molecule has 3 rings (SSSR count). The van der Waals surface area contributed by atoms with Gasteiger partial charge in [-0.15, -0.1) is 11.3 Å². The van der Waals surface area contributed by atoms with E-state index in [-0.39, 0.29) is 6.73 Å². The van der Waals surface area contributed by atoms with E-state index in [1.54, 1.807) is 11.3 Å². The fraction of sp³-hybridized carbons (Fsp3) is 0.158. The van der Waals surface area contributed by atoms with Gasteiger partial charge in [-0.1, -0.05) is 18.2 Å². The van der Waals surface area contributed by atoms with E-state index >= 15 is 0 Å². The number of benzene rings is 2. The fourth-order valence-electron chi connectivity index (χ4n) is 2.41. The number of aryl methyl sites for hydroxylation is 1. The summed E-state index contributed by atoms with van der Waals surface area (Å²) in [5.41, 5.74) is 4.61. The third kappa shape index (κ3) is 3.97. The predicted octanol–water partition coefficient (Wildman–Crippen LogP) is 4.73. The van der Waals surface area contributed by atoms with Crippen LogP contribution in [0.5, 0.6) is 5.75 Å². The lowest BCUT2D eigenvalue weighted by Gasteiger charge is -2.22. The van der Waals surface area contributed by atoms with Gasteiger partial charge >= 0.3 is 6.09 Å². The lowest BCUT2D eigenvalue weighted by molar-refractivity contribution is 0.170. The summed E-state index contributed by atoms with van der Waals surface area (Å²) in [7, 11) is 1.35. The summed E-state index contributed by atoms with van der Waals surface area (Å²) in [6, 6.07) is 15.2. The van der Waals surface area contributed by atoms with Crippen molar-refractivity contribution in [2.45, 2.75) is 6.92 Å². The van der Waals surface area contributed by atoms with Crippen molar-refractivity contribution in [2.24, 2.45) is 0 Å². The molecule has 0 saturated carbocycles. The zero-order valence-electron chi connectivity index (χ0n) is 14.0. The van der Waals surface area contributed by atoms with Gasteiger partial charge in [0.15, 0.2) is 6.73 Å². The van der Waals surface area contributed by atoms with E-state index in [0.717, 1.165) is 21.8 Å². The molecule has 0 fully saturated rings. The van der Waals surface area contributed by atoms with Crippen LogP contribution in [0.15, 0.2) is 60.2 Å². The van der Waals surface area contributed by atoms with Gasteiger partial charge in [0.05, 0.1) is 23.2 Å². The largest absolute Gasteiger partial charge is 0.472 e. The van der Waals surface area contributed by atoms with Crippen LogP contribution in [0.2, 0.25) is 0 Å². The van der Waals surface area contributed by atoms with Crippen LogP contribution in [-0.2, 0) is 4.74 Å². The van der Waals surface area contributed by atoms with E-state index in [4.69, 9.17) is 9.47 Å². The number of para-hydroxylation sites is 1. The molecule has 0 aliphatic carbocycles. The molecular weight excluding hydrogens is 336 g/mol. The second-order valence-electron chi connectivity index (χ2n) is 5.35. The molecule has 2 aromatic carbocycles. The summed E-state index contributed by atoms with van der Waals surface area (Å²) in [5.74, 6) is 0.720. The molecule has 3 aromatic rings. The highest BCUT2D eigenvalue weighted by atomic mass is 32.1. The summed E-state index contributed by atoms with van der Waals surface area (Å²) < 4.78 is 10.7. The Morgan fingerprint density at radius 2 is 2.00 bits per heavy atom. The second kappa shape index (κ2) is 7.81. The van der Waals surface area contributed by atoms with Crippen LogP contribution < -0.4 is 9.64 Å². The highest BCUT2D eigenvalue weighted by Crippen LogP contribution is 2.28. The van der Waals surface area contributed by atoms with Crippen LogP contribution >= 0.6 is 11.3 Å². The van der Waals surface area contributed by atoms with Crippen molar-refractivity contribution in [3.63, 3.8) is 0 Å². The molecule has 0 radical (unpaired) electrons. The number of thiazole rings is 1. The summed E-state index contributed by atoms with van der Waals surface area (Å²) in [5, 5.41) is 0. The molecule has 0 aliphatic rings. The van der Waals surface area contributed by atoms with Gasteiger partial charge in [-0.3, -0.25) is 4.98 Å². The highest BCUT2D eigenvalue weighted by molar-refractivity contribution is 7.13. The Morgan fingerprint density at radius 1 is 1.20 bits per heavy atom. The molecule has 5 nitrogen and oxygen atoms in total. The number of aromatic nitrogens is 1. The van der Waals surface area contributed by atoms with Crippen LogP contribution in [0, 0.1) is 6.92 Å². The maximum Gasteiger partial charge on any atom is 0.416 e. The van der Waals surface area contributed by atoms with Crippen molar-refractivity contribution in [1.82, 2.24) is 4.98 Å². The number of anilines is 1. The molecule has 1 amide bonds. The van der Waals surface area contributed by atoms with Gasteiger partial charge in [0.2, 0.25) is 0 Å². The molecule has 6 heteroatoms. The molecule has 1 heterocycles. The first-order valence-corrected chi connectivity index (χ1v) is 8.60. The Kier molecular flexibility index (Phi) is 5.30. The molecule has 0 bridgehead atoms. The minimum Gasteiger partial charge on any atom is -0.472 e. The number of ether oxygens (including phenoxy) is 2. The van der Waals surface area contributed by atoms with E-state index in [9.17, 15) is 4.79 Å². The lowest BCUT2D eigenvalue weighted by atomic mass is 10.1. The number of hydrogen-bond acceptors (Lipinski definition) is 5. The molecule has 1 aromatic heterocycles. The molecule has 0 aliphatic heterocycles. The number of carbonyl (C=O) groups is 1. The van der Waals surface area contributed by atoms with Crippen LogP contribution in [0.25, 0.3) is 10.4 Å². The molecule has 25 heavy (non-hydrogen) atoms. The van der Waals surface area contributed by atoms with Crippen molar-refractivity contribution < 1.29 is 14.3 Å². The fourth-order valence-corrected chi connectivity index (χ4v) is 3.03. The van der Waals surface area contributed by atoms with Gasteiger partial charge in [-0.05, 0) is 48.4 Å². The topological polar surface area (TPSA) is 51.7 Å². The minimum atomic E-state index is -0.467. The van der Waals surface area contributed by atoms with Gasteiger partial charge in [0.25, 0.3) is 0 Å². The smallest absolute Gasteiger partial charge is 0.416 e. The maximum atomic E-state index is 12.0.